The van der Waals surface area contributed by atoms with Crippen LogP contribution in [0.25, 0.3) is 0 Å². The molecule has 0 saturated carbocycles. The molecule has 3 nitrogen and oxygen atoms in total. The summed E-state index contributed by atoms with van der Waals surface area (Å²) in [4.78, 5) is 13.4. The summed E-state index contributed by atoms with van der Waals surface area (Å²) < 4.78 is 39.1. The van der Waals surface area contributed by atoms with E-state index in [1.165, 1.54) is 12.1 Å². The molecule has 1 fully saturated rings. The van der Waals surface area contributed by atoms with Gasteiger partial charge in [-0.1, -0.05) is 11.6 Å². The lowest BCUT2D eigenvalue weighted by Crippen LogP contribution is -3.17. The Balaban J connectivity index is 2.14. The summed E-state index contributed by atoms with van der Waals surface area (Å²) in [5, 5.41) is 2.39. The number of likely N-dealkylation sites (tertiary alicyclic amines) is 1. The van der Waals surface area contributed by atoms with E-state index in [2.05, 4.69) is 5.32 Å². The molecule has 7 heteroatoms. The molecular weight excluding hydrogens is 317 g/mol. The number of nitrogens with one attached hydrogen (secondary N) is 2. The highest BCUT2D eigenvalue weighted by molar-refractivity contribution is 6.30. The summed E-state index contributed by atoms with van der Waals surface area (Å²) in [7, 11) is 0. The third kappa shape index (κ3) is 4.14. The summed E-state index contributed by atoms with van der Waals surface area (Å²) in [5.74, 6) is -0.398. The quantitative estimate of drug-likeness (QED) is 0.875. The van der Waals surface area contributed by atoms with Crippen LogP contribution in [0, 0.1) is 0 Å². The molecule has 1 aliphatic rings. The predicted octanol–water partition coefficient (Wildman–Crippen LogP) is 2.75. The first-order valence-electron chi connectivity index (χ1n) is 7.31. The molecule has 0 spiro atoms. The molecule has 2 rings (SSSR count). The lowest BCUT2D eigenvalue weighted by molar-refractivity contribution is -0.918. The van der Waals surface area contributed by atoms with Gasteiger partial charge in [-0.2, -0.15) is 13.2 Å². The second kappa shape index (κ2) is 6.87. The standard InChI is InChI=1S/C15H18ClF3N2O/c1-10(21-7-3-2-4-8-21)14(22)20-13-6-5-11(16)9-12(13)15(17,18)19/h5-6,9-10H,2-4,7-8H2,1H3,(H,20,22)/p+1/t10-/m1/s1. The summed E-state index contributed by atoms with van der Waals surface area (Å²) in [6, 6.07) is 2.99. The summed E-state index contributed by atoms with van der Waals surface area (Å²) >= 11 is 5.63. The smallest absolute Gasteiger partial charge is 0.325 e. The van der Waals surface area contributed by atoms with Gasteiger partial charge in [0.2, 0.25) is 0 Å². The number of amides is 1. The molecule has 1 aromatic rings. The fourth-order valence-electron chi connectivity index (χ4n) is 2.73. The van der Waals surface area contributed by atoms with Crippen molar-refractivity contribution in [2.24, 2.45) is 0 Å². The van der Waals surface area contributed by atoms with Crippen LogP contribution < -0.4 is 10.2 Å². The highest BCUT2D eigenvalue weighted by Gasteiger charge is 2.35. The highest BCUT2D eigenvalue weighted by Crippen LogP contribution is 2.36. The van der Waals surface area contributed by atoms with Crippen molar-refractivity contribution in [3.05, 3.63) is 28.8 Å². The van der Waals surface area contributed by atoms with Crippen LogP contribution >= 0.6 is 11.6 Å². The first-order valence-corrected chi connectivity index (χ1v) is 7.69. The van der Waals surface area contributed by atoms with Gasteiger partial charge in [0.05, 0.1) is 24.3 Å². The van der Waals surface area contributed by atoms with Gasteiger partial charge in [0.25, 0.3) is 5.91 Å². The third-order valence-electron chi connectivity index (χ3n) is 4.05. The number of carbonyl (C=O) groups excluding carboxylic acids is 1. The third-order valence-corrected chi connectivity index (χ3v) is 4.28. The van der Waals surface area contributed by atoms with Crippen molar-refractivity contribution in [2.45, 2.75) is 38.4 Å². The minimum atomic E-state index is -4.56. The van der Waals surface area contributed by atoms with Crippen molar-refractivity contribution in [3.8, 4) is 0 Å². The van der Waals surface area contributed by atoms with E-state index in [4.69, 9.17) is 11.6 Å². The predicted molar refractivity (Wildman–Crippen MR) is 79.1 cm³/mol. The number of rotatable bonds is 3. The van der Waals surface area contributed by atoms with E-state index in [0.29, 0.717) is 0 Å². The van der Waals surface area contributed by atoms with Crippen molar-refractivity contribution < 1.29 is 22.9 Å². The Labute approximate surface area is 132 Å². The monoisotopic (exact) mass is 335 g/mol. The van der Waals surface area contributed by atoms with Crippen LogP contribution in [0.4, 0.5) is 18.9 Å². The molecule has 0 aromatic heterocycles. The normalized spacial score (nSPS) is 18.0. The van der Waals surface area contributed by atoms with E-state index in [9.17, 15) is 18.0 Å². The zero-order valence-corrected chi connectivity index (χ0v) is 13.0. The number of anilines is 1. The molecule has 1 heterocycles. The van der Waals surface area contributed by atoms with Gasteiger partial charge in [0.15, 0.2) is 6.04 Å². The number of halogens is 4. The van der Waals surface area contributed by atoms with Crippen LogP contribution in [0.1, 0.15) is 31.7 Å². The van der Waals surface area contributed by atoms with Crippen LogP contribution in [0.3, 0.4) is 0 Å². The molecule has 0 bridgehead atoms. The number of hydrogen-bond donors (Lipinski definition) is 2. The minimum Gasteiger partial charge on any atom is -0.325 e. The van der Waals surface area contributed by atoms with Crippen molar-refractivity contribution >= 4 is 23.2 Å². The molecule has 1 saturated heterocycles. The first-order chi connectivity index (χ1) is 10.3. The van der Waals surface area contributed by atoms with Gasteiger partial charge in [0, 0.05) is 5.02 Å². The molecule has 22 heavy (non-hydrogen) atoms. The molecule has 1 aromatic carbocycles. The molecule has 2 N–H and O–H groups in total. The van der Waals surface area contributed by atoms with Crippen molar-refractivity contribution in [3.63, 3.8) is 0 Å². The Morgan fingerprint density at radius 2 is 1.91 bits per heavy atom. The van der Waals surface area contributed by atoms with Crippen LogP contribution in [-0.4, -0.2) is 25.0 Å². The van der Waals surface area contributed by atoms with Gasteiger partial charge in [-0.15, -0.1) is 0 Å². The van der Waals surface area contributed by atoms with Crippen LogP contribution in [0.5, 0.6) is 0 Å². The lowest BCUT2D eigenvalue weighted by Gasteiger charge is -2.28. The average Bonchev–Trinajstić information content (AvgIpc) is 2.48. The van der Waals surface area contributed by atoms with Crippen molar-refractivity contribution in [1.29, 1.82) is 0 Å². The maximum atomic E-state index is 13.0. The lowest BCUT2D eigenvalue weighted by atomic mass is 10.1. The second-order valence-corrected chi connectivity index (χ2v) is 6.05. The van der Waals surface area contributed by atoms with E-state index in [0.717, 1.165) is 43.3 Å². The topological polar surface area (TPSA) is 33.5 Å². The van der Waals surface area contributed by atoms with Gasteiger partial charge in [-0.25, -0.2) is 0 Å². The fourth-order valence-corrected chi connectivity index (χ4v) is 2.90. The number of piperidine rings is 1. The van der Waals surface area contributed by atoms with Gasteiger partial charge in [-0.05, 0) is 44.4 Å². The Kier molecular flexibility index (Phi) is 5.34. The minimum absolute atomic E-state index is 0.0139. The van der Waals surface area contributed by atoms with E-state index >= 15 is 0 Å². The molecule has 1 aliphatic heterocycles. The maximum Gasteiger partial charge on any atom is 0.418 e. The van der Waals surface area contributed by atoms with E-state index in [1.807, 2.05) is 0 Å². The second-order valence-electron chi connectivity index (χ2n) is 5.62. The average molecular weight is 336 g/mol. The SMILES string of the molecule is C[C@H](C(=O)Nc1ccc(Cl)cc1C(F)(F)F)[NH+]1CCCCC1. The van der Waals surface area contributed by atoms with Gasteiger partial charge >= 0.3 is 6.18 Å². The molecule has 0 radical (unpaired) electrons. The summed E-state index contributed by atoms with van der Waals surface area (Å²) in [6.45, 7) is 3.50. The van der Waals surface area contributed by atoms with E-state index in [-0.39, 0.29) is 16.8 Å². The number of quaternary nitrogens is 1. The van der Waals surface area contributed by atoms with E-state index in [1.54, 1.807) is 6.92 Å². The number of hydrogen-bond acceptors (Lipinski definition) is 1. The summed E-state index contributed by atoms with van der Waals surface area (Å²) in [5.41, 5.74) is -1.17. The van der Waals surface area contributed by atoms with Gasteiger partial charge in [0.1, 0.15) is 0 Å². The van der Waals surface area contributed by atoms with E-state index < -0.39 is 17.6 Å². The van der Waals surface area contributed by atoms with Crippen LogP contribution in [0.2, 0.25) is 5.02 Å². The first kappa shape index (κ1) is 17.1. The maximum absolute atomic E-state index is 13.0. The molecule has 0 unspecified atom stereocenters. The van der Waals surface area contributed by atoms with Gasteiger partial charge < -0.3 is 10.2 Å². The van der Waals surface area contributed by atoms with Crippen molar-refractivity contribution in [1.82, 2.24) is 0 Å². The molecule has 1 amide bonds. The molecule has 1 atom stereocenters. The largest absolute Gasteiger partial charge is 0.418 e. The Morgan fingerprint density at radius 3 is 2.50 bits per heavy atom. The van der Waals surface area contributed by atoms with Gasteiger partial charge in [-0.3, -0.25) is 4.79 Å². The van der Waals surface area contributed by atoms with Crippen molar-refractivity contribution in [2.75, 3.05) is 18.4 Å². The number of benzene rings is 1. The summed E-state index contributed by atoms with van der Waals surface area (Å²) in [6.07, 6.45) is -1.33. The highest BCUT2D eigenvalue weighted by atomic mass is 35.5. The Hall–Kier alpha value is -1.27. The Morgan fingerprint density at radius 1 is 1.27 bits per heavy atom. The molecule has 0 aliphatic carbocycles. The number of alkyl halides is 3. The zero-order valence-electron chi connectivity index (χ0n) is 12.3. The fraction of sp³-hybridized carbons (Fsp3) is 0.533. The van der Waals surface area contributed by atoms with Crippen LogP contribution in [-0.2, 0) is 11.0 Å². The van der Waals surface area contributed by atoms with Crippen LogP contribution in [0.15, 0.2) is 18.2 Å². The Bertz CT molecular complexity index is 542. The molecular formula is C15H19ClF3N2O+. The molecule has 122 valence electrons. The number of carbonyl (C=O) groups is 1. The zero-order chi connectivity index (χ0) is 16.3.